The zero-order valence-corrected chi connectivity index (χ0v) is 23.5. The van der Waals surface area contributed by atoms with Gasteiger partial charge in [-0.15, -0.1) is 11.3 Å². The molecule has 4 aromatic rings. The number of aryl methyl sites for hydroxylation is 2. The van der Waals surface area contributed by atoms with Crippen molar-refractivity contribution < 1.29 is 13.2 Å². The maximum absolute atomic E-state index is 13.3. The van der Waals surface area contributed by atoms with Gasteiger partial charge in [0.05, 0.1) is 21.8 Å². The van der Waals surface area contributed by atoms with Crippen LogP contribution in [0.4, 0.5) is 5.69 Å². The lowest BCUT2D eigenvalue weighted by molar-refractivity contribution is -0.130. The van der Waals surface area contributed by atoms with E-state index in [-0.39, 0.29) is 10.8 Å². The second-order valence-electron chi connectivity index (χ2n) is 9.35. The van der Waals surface area contributed by atoms with Crippen LogP contribution in [0.15, 0.2) is 53.6 Å². The Morgan fingerprint density at radius 1 is 1.14 bits per heavy atom. The first kappa shape index (κ1) is 25.8. The molecule has 0 atom stereocenters. The Labute approximate surface area is 226 Å². The number of nitrogens with one attached hydrogen (secondary N) is 1. The van der Waals surface area contributed by atoms with Crippen molar-refractivity contribution in [3.05, 3.63) is 64.7 Å². The number of benzene rings is 2. The third kappa shape index (κ3) is 5.13. The van der Waals surface area contributed by atoms with E-state index in [9.17, 15) is 13.2 Å². The van der Waals surface area contributed by atoms with Crippen molar-refractivity contribution in [2.75, 3.05) is 29.9 Å². The van der Waals surface area contributed by atoms with E-state index in [2.05, 4.69) is 27.7 Å². The standard InChI is InChI=1S/C26H29N5O3S3/c1-17-5-4-6-21(13-17)37(33,34)31(35)24-8-7-18(2)22-14-23(28-25(22)24)26-27-15-20(36-26)16-29-9-11-30(12-10-29)19(3)32/h4-8,13-15,28,35H,9-12,16H2,1-3H3. The third-order valence-corrected chi connectivity index (χ3v) is 10.1. The lowest BCUT2D eigenvalue weighted by Gasteiger charge is -2.33. The minimum absolute atomic E-state index is 0.125. The van der Waals surface area contributed by atoms with Gasteiger partial charge in [0, 0.05) is 56.1 Å². The number of carbonyl (C=O) groups excluding carboxylic acids is 1. The number of aromatic nitrogens is 2. The Bertz CT molecular complexity index is 1570. The summed E-state index contributed by atoms with van der Waals surface area (Å²) in [6, 6.07) is 12.5. The van der Waals surface area contributed by atoms with Crippen LogP contribution in [0.3, 0.4) is 0 Å². The second kappa shape index (κ2) is 10.1. The molecule has 2 aromatic heterocycles. The van der Waals surface area contributed by atoms with Gasteiger partial charge in [0.15, 0.2) is 0 Å². The molecule has 1 saturated heterocycles. The number of thiol groups is 1. The summed E-state index contributed by atoms with van der Waals surface area (Å²) in [5.74, 6) is 0.125. The molecule has 0 unspecified atom stereocenters. The molecule has 5 rings (SSSR count). The molecular weight excluding hydrogens is 527 g/mol. The smallest absolute Gasteiger partial charge is 0.273 e. The van der Waals surface area contributed by atoms with E-state index in [0.717, 1.165) is 68.5 Å². The number of nitrogens with zero attached hydrogens (tertiary/aromatic N) is 4. The summed E-state index contributed by atoms with van der Waals surface area (Å²) in [5, 5.41) is 1.76. The predicted molar refractivity (Wildman–Crippen MR) is 152 cm³/mol. The number of hydrogen-bond donors (Lipinski definition) is 2. The highest BCUT2D eigenvalue weighted by molar-refractivity contribution is 8.06. The Balaban J connectivity index is 1.41. The van der Waals surface area contributed by atoms with Gasteiger partial charge in [-0.1, -0.05) is 18.2 Å². The largest absolute Gasteiger partial charge is 0.351 e. The number of aromatic amines is 1. The van der Waals surface area contributed by atoms with Gasteiger partial charge >= 0.3 is 0 Å². The van der Waals surface area contributed by atoms with E-state index >= 15 is 0 Å². The predicted octanol–water partition coefficient (Wildman–Crippen LogP) is 4.61. The summed E-state index contributed by atoms with van der Waals surface area (Å²) in [6.45, 7) is 9.43. The number of carbonyl (C=O) groups is 1. The second-order valence-corrected chi connectivity index (χ2v) is 12.9. The number of anilines is 1. The SMILES string of the molecule is CC(=O)N1CCN(Cc2cnc(-c3cc4c(C)ccc(N(S)S(=O)(=O)c5cccc(C)c5)c4[nH]3)s2)CC1. The van der Waals surface area contributed by atoms with Crippen LogP contribution in [0.5, 0.6) is 0 Å². The fourth-order valence-electron chi connectivity index (χ4n) is 4.57. The third-order valence-electron chi connectivity index (χ3n) is 6.69. The van der Waals surface area contributed by atoms with Crippen LogP contribution in [0.1, 0.15) is 22.9 Å². The van der Waals surface area contributed by atoms with Crippen molar-refractivity contribution in [3.8, 4) is 10.7 Å². The molecule has 0 bridgehead atoms. The van der Waals surface area contributed by atoms with Crippen LogP contribution in [0, 0.1) is 13.8 Å². The molecule has 8 nitrogen and oxygen atoms in total. The average Bonchev–Trinajstić information content (AvgIpc) is 3.52. The first-order valence-electron chi connectivity index (χ1n) is 12.0. The van der Waals surface area contributed by atoms with Crippen LogP contribution >= 0.6 is 24.2 Å². The zero-order valence-electron chi connectivity index (χ0n) is 20.9. The van der Waals surface area contributed by atoms with Gasteiger partial charge in [-0.05, 0) is 62.1 Å². The van der Waals surface area contributed by atoms with E-state index < -0.39 is 10.0 Å². The molecular formula is C26H29N5O3S3. The average molecular weight is 556 g/mol. The van der Waals surface area contributed by atoms with Crippen molar-refractivity contribution >= 4 is 56.7 Å². The minimum atomic E-state index is -3.86. The van der Waals surface area contributed by atoms with E-state index in [1.54, 1.807) is 42.5 Å². The van der Waals surface area contributed by atoms with E-state index in [1.165, 1.54) is 0 Å². The number of H-pyrrole nitrogens is 1. The Morgan fingerprint density at radius 3 is 2.59 bits per heavy atom. The van der Waals surface area contributed by atoms with Gasteiger partial charge < -0.3 is 9.88 Å². The molecule has 1 fully saturated rings. The van der Waals surface area contributed by atoms with Crippen molar-refractivity contribution in [2.24, 2.45) is 0 Å². The van der Waals surface area contributed by atoms with Crippen molar-refractivity contribution in [1.82, 2.24) is 19.8 Å². The fraction of sp³-hybridized carbons (Fsp3) is 0.308. The molecule has 11 heteroatoms. The number of amides is 1. The molecule has 1 aliphatic rings. The molecule has 0 spiro atoms. The summed E-state index contributed by atoms with van der Waals surface area (Å²) >= 11 is 6.04. The zero-order chi connectivity index (χ0) is 26.3. The topological polar surface area (TPSA) is 89.6 Å². The number of thiazole rings is 1. The summed E-state index contributed by atoms with van der Waals surface area (Å²) < 4.78 is 27.7. The number of sulfonamides is 1. The molecule has 0 saturated carbocycles. The molecule has 3 heterocycles. The summed E-state index contributed by atoms with van der Waals surface area (Å²) in [6.07, 6.45) is 1.89. The van der Waals surface area contributed by atoms with Crippen molar-refractivity contribution in [2.45, 2.75) is 32.2 Å². The van der Waals surface area contributed by atoms with Crippen LogP contribution in [0.25, 0.3) is 21.6 Å². The Hall–Kier alpha value is -2.86. The van der Waals surface area contributed by atoms with Crippen molar-refractivity contribution in [1.29, 1.82) is 0 Å². The van der Waals surface area contributed by atoms with Gasteiger partial charge in [-0.3, -0.25) is 9.69 Å². The maximum atomic E-state index is 13.3. The molecule has 1 amide bonds. The normalized spacial score (nSPS) is 14.9. The highest BCUT2D eigenvalue weighted by atomic mass is 32.3. The quantitative estimate of drug-likeness (QED) is 0.339. The number of piperazine rings is 1. The molecule has 37 heavy (non-hydrogen) atoms. The summed E-state index contributed by atoms with van der Waals surface area (Å²) in [4.78, 5) is 25.2. The molecule has 2 aromatic carbocycles. The number of fused-ring (bicyclic) bond motifs is 1. The van der Waals surface area contributed by atoms with Crippen LogP contribution < -0.4 is 3.71 Å². The molecule has 194 valence electrons. The lowest BCUT2D eigenvalue weighted by Crippen LogP contribution is -2.47. The first-order valence-corrected chi connectivity index (χ1v) is 14.7. The Kier molecular flexibility index (Phi) is 7.06. The van der Waals surface area contributed by atoms with Gasteiger partial charge in [0.1, 0.15) is 5.01 Å². The maximum Gasteiger partial charge on any atom is 0.273 e. The molecule has 1 aliphatic heterocycles. The molecule has 1 N–H and O–H groups in total. The van der Waals surface area contributed by atoms with Crippen molar-refractivity contribution in [3.63, 3.8) is 0 Å². The Morgan fingerprint density at radius 2 is 1.89 bits per heavy atom. The first-order chi connectivity index (χ1) is 17.6. The van der Waals surface area contributed by atoms with Crippen LogP contribution in [-0.2, 0) is 21.4 Å². The number of hydrogen-bond acceptors (Lipinski definition) is 7. The summed E-state index contributed by atoms with van der Waals surface area (Å²) in [5.41, 5.74) is 3.86. The molecule has 0 aliphatic carbocycles. The monoisotopic (exact) mass is 555 g/mol. The van der Waals surface area contributed by atoms with E-state index in [0.29, 0.717) is 11.2 Å². The minimum Gasteiger partial charge on any atom is -0.351 e. The van der Waals surface area contributed by atoms with Crippen LogP contribution in [-0.4, -0.2) is 60.3 Å². The van der Waals surface area contributed by atoms with E-state index in [1.807, 2.05) is 43.1 Å². The van der Waals surface area contributed by atoms with Gasteiger partial charge in [0.25, 0.3) is 10.0 Å². The lowest BCUT2D eigenvalue weighted by atomic mass is 10.1. The van der Waals surface area contributed by atoms with E-state index in [4.69, 9.17) is 0 Å². The molecule has 0 radical (unpaired) electrons. The van der Waals surface area contributed by atoms with Gasteiger partial charge in [-0.25, -0.2) is 17.1 Å². The van der Waals surface area contributed by atoms with Gasteiger partial charge in [-0.2, -0.15) is 0 Å². The van der Waals surface area contributed by atoms with Gasteiger partial charge in [0.2, 0.25) is 5.91 Å². The van der Waals surface area contributed by atoms with Crippen LogP contribution in [0.2, 0.25) is 0 Å². The fourth-order valence-corrected chi connectivity index (χ4v) is 7.14. The highest BCUT2D eigenvalue weighted by Crippen LogP contribution is 2.37. The number of rotatable bonds is 6. The summed E-state index contributed by atoms with van der Waals surface area (Å²) in [7, 11) is -3.86. The highest BCUT2D eigenvalue weighted by Gasteiger charge is 2.26.